The quantitative estimate of drug-likeness (QED) is 0.819. The second-order valence-electron chi connectivity index (χ2n) is 2.75. The Morgan fingerprint density at radius 3 is 2.93 bits per heavy atom. The van der Waals surface area contributed by atoms with Gasteiger partial charge in [-0.2, -0.15) is 0 Å². The Labute approximate surface area is 88.3 Å². The molecule has 0 aliphatic rings. The van der Waals surface area contributed by atoms with E-state index in [0.717, 1.165) is 0 Å². The van der Waals surface area contributed by atoms with Crippen LogP contribution in [0.2, 0.25) is 0 Å². The molecule has 2 aromatic heterocycles. The van der Waals surface area contributed by atoms with Crippen LogP contribution in [0.5, 0.6) is 0 Å². The number of hydrogen-bond donors (Lipinski definition) is 0. The summed E-state index contributed by atoms with van der Waals surface area (Å²) in [5.41, 5.74) is -0.0903. The molecule has 0 fully saturated rings. The molecular weight excluding hydrogens is 248 g/mol. The summed E-state index contributed by atoms with van der Waals surface area (Å²) < 4.78 is 7.41. The van der Waals surface area contributed by atoms with E-state index in [1.54, 1.807) is 6.07 Å². The minimum Gasteiger partial charge on any atom is -0.452 e. The van der Waals surface area contributed by atoms with Crippen molar-refractivity contribution in [2.45, 2.75) is 6.54 Å². The first kappa shape index (κ1) is 9.21. The van der Waals surface area contributed by atoms with Gasteiger partial charge in [0.25, 0.3) is 5.56 Å². The Morgan fingerprint density at radius 2 is 2.29 bits per heavy atom. The Kier molecular flexibility index (Phi) is 2.49. The zero-order chi connectivity index (χ0) is 9.97. The molecule has 0 N–H and O–H groups in total. The molecule has 5 heteroatoms. The molecule has 0 aromatic carbocycles. The molecule has 72 valence electrons. The van der Waals surface area contributed by atoms with Crippen molar-refractivity contribution in [2.75, 3.05) is 0 Å². The van der Waals surface area contributed by atoms with Gasteiger partial charge < -0.3 is 4.42 Å². The molecule has 0 aliphatic carbocycles. The highest BCUT2D eigenvalue weighted by Crippen LogP contribution is 2.14. The predicted octanol–water partition coefficient (Wildman–Crippen LogP) is 1.65. The highest BCUT2D eigenvalue weighted by Gasteiger charge is 2.01. The maximum Gasteiger partial charge on any atom is 0.253 e. The van der Waals surface area contributed by atoms with Gasteiger partial charge in [0, 0.05) is 12.3 Å². The minimum atomic E-state index is -0.0903. The van der Waals surface area contributed by atoms with Gasteiger partial charge in [-0.1, -0.05) is 0 Å². The Bertz CT molecular complexity index is 489. The van der Waals surface area contributed by atoms with Gasteiger partial charge >= 0.3 is 0 Å². The molecule has 0 unspecified atom stereocenters. The zero-order valence-electron chi connectivity index (χ0n) is 7.18. The average Bonchev–Trinajstić information content (AvgIpc) is 2.56. The fourth-order valence-electron chi connectivity index (χ4n) is 1.10. The third-order valence-electron chi connectivity index (χ3n) is 1.75. The molecule has 0 radical (unpaired) electrons. The van der Waals surface area contributed by atoms with Crippen LogP contribution in [0.3, 0.4) is 0 Å². The van der Waals surface area contributed by atoms with Crippen molar-refractivity contribution in [2.24, 2.45) is 0 Å². The second-order valence-corrected chi connectivity index (χ2v) is 3.53. The first-order chi connectivity index (χ1) is 6.75. The van der Waals surface area contributed by atoms with Crippen molar-refractivity contribution in [1.82, 2.24) is 9.55 Å². The second kappa shape index (κ2) is 3.79. The molecule has 4 nitrogen and oxygen atoms in total. The largest absolute Gasteiger partial charge is 0.452 e. The number of rotatable bonds is 2. The fraction of sp³-hybridized carbons (Fsp3) is 0.111. The van der Waals surface area contributed by atoms with Crippen molar-refractivity contribution in [3.8, 4) is 0 Å². The lowest BCUT2D eigenvalue weighted by Crippen LogP contribution is -2.18. The Morgan fingerprint density at radius 1 is 1.43 bits per heavy atom. The van der Waals surface area contributed by atoms with Crippen LogP contribution in [0.1, 0.15) is 5.76 Å². The molecular formula is C9H7BrN2O2. The third-order valence-corrected chi connectivity index (χ3v) is 2.17. The van der Waals surface area contributed by atoms with E-state index in [0.29, 0.717) is 17.0 Å². The van der Waals surface area contributed by atoms with Crippen LogP contribution < -0.4 is 5.56 Å². The summed E-state index contributed by atoms with van der Waals surface area (Å²) in [5.74, 6) is 0.715. The van der Waals surface area contributed by atoms with E-state index >= 15 is 0 Å². The molecule has 0 aliphatic heterocycles. The maximum absolute atomic E-state index is 11.3. The smallest absolute Gasteiger partial charge is 0.253 e. The van der Waals surface area contributed by atoms with Crippen LogP contribution in [-0.2, 0) is 6.54 Å². The summed E-state index contributed by atoms with van der Waals surface area (Å²) in [6.07, 6.45) is 2.95. The van der Waals surface area contributed by atoms with Gasteiger partial charge in [-0.15, -0.1) is 0 Å². The standard InChI is InChI=1S/C9H7BrN2O2/c10-8-2-1-7(14-8)5-12-6-11-4-3-9(12)13/h1-4,6H,5H2. The number of furan rings is 1. The van der Waals surface area contributed by atoms with Gasteiger partial charge in [-0.05, 0) is 28.1 Å². The molecule has 2 rings (SSSR count). The number of halogens is 1. The molecule has 0 saturated carbocycles. The van der Waals surface area contributed by atoms with Crippen molar-refractivity contribution >= 4 is 15.9 Å². The van der Waals surface area contributed by atoms with Crippen LogP contribution in [0.15, 0.2) is 44.6 Å². The van der Waals surface area contributed by atoms with Gasteiger partial charge in [0.05, 0.1) is 12.9 Å². The highest BCUT2D eigenvalue weighted by molar-refractivity contribution is 9.10. The molecule has 14 heavy (non-hydrogen) atoms. The average molecular weight is 255 g/mol. The molecule has 0 amide bonds. The van der Waals surface area contributed by atoms with E-state index < -0.39 is 0 Å². The summed E-state index contributed by atoms with van der Waals surface area (Å²) in [4.78, 5) is 15.2. The van der Waals surface area contributed by atoms with Crippen molar-refractivity contribution < 1.29 is 4.42 Å². The predicted molar refractivity (Wildman–Crippen MR) is 54.0 cm³/mol. The SMILES string of the molecule is O=c1ccncn1Cc1ccc(Br)o1. The number of aromatic nitrogens is 2. The Balaban J connectivity index is 2.27. The third kappa shape index (κ3) is 1.93. The van der Waals surface area contributed by atoms with Gasteiger partial charge in [0.2, 0.25) is 0 Å². The van der Waals surface area contributed by atoms with Gasteiger partial charge in [0.1, 0.15) is 5.76 Å². The molecule has 2 aromatic rings. The van der Waals surface area contributed by atoms with Crippen LogP contribution >= 0.6 is 15.9 Å². The van der Waals surface area contributed by atoms with Crippen LogP contribution in [0.25, 0.3) is 0 Å². The first-order valence-electron chi connectivity index (χ1n) is 4.00. The van der Waals surface area contributed by atoms with Crippen LogP contribution in [-0.4, -0.2) is 9.55 Å². The van der Waals surface area contributed by atoms with E-state index in [2.05, 4.69) is 20.9 Å². The van der Waals surface area contributed by atoms with Crippen LogP contribution in [0, 0.1) is 0 Å². The lowest BCUT2D eigenvalue weighted by Gasteiger charge is -1.99. The fourth-order valence-corrected chi connectivity index (χ4v) is 1.44. The monoisotopic (exact) mass is 254 g/mol. The van der Waals surface area contributed by atoms with Gasteiger partial charge in [-0.25, -0.2) is 4.98 Å². The molecule has 0 spiro atoms. The molecule has 2 heterocycles. The number of nitrogens with zero attached hydrogens (tertiary/aromatic N) is 2. The van der Waals surface area contributed by atoms with E-state index in [1.807, 2.05) is 6.07 Å². The summed E-state index contributed by atoms with van der Waals surface area (Å²) >= 11 is 3.19. The van der Waals surface area contributed by atoms with E-state index in [4.69, 9.17) is 4.42 Å². The first-order valence-corrected chi connectivity index (χ1v) is 4.80. The Hall–Kier alpha value is -1.36. The van der Waals surface area contributed by atoms with Crippen molar-refractivity contribution in [3.63, 3.8) is 0 Å². The maximum atomic E-state index is 11.3. The van der Waals surface area contributed by atoms with Crippen LogP contribution in [0.4, 0.5) is 0 Å². The summed E-state index contributed by atoms with van der Waals surface area (Å²) in [5, 5.41) is 0. The van der Waals surface area contributed by atoms with Crippen molar-refractivity contribution in [3.05, 3.63) is 51.5 Å². The minimum absolute atomic E-state index is 0.0903. The normalized spacial score (nSPS) is 10.4. The van der Waals surface area contributed by atoms with E-state index in [1.165, 1.54) is 23.2 Å². The molecule has 0 atom stereocenters. The van der Waals surface area contributed by atoms with Crippen molar-refractivity contribution in [1.29, 1.82) is 0 Å². The lowest BCUT2D eigenvalue weighted by atomic mass is 10.4. The lowest BCUT2D eigenvalue weighted by molar-refractivity contribution is 0.469. The zero-order valence-corrected chi connectivity index (χ0v) is 8.77. The summed E-state index contributed by atoms with van der Waals surface area (Å²) in [7, 11) is 0. The van der Waals surface area contributed by atoms with E-state index in [-0.39, 0.29) is 5.56 Å². The van der Waals surface area contributed by atoms with Gasteiger partial charge in [0.15, 0.2) is 4.67 Å². The molecule has 0 bridgehead atoms. The summed E-state index contributed by atoms with van der Waals surface area (Å²) in [6, 6.07) is 5.01. The number of hydrogen-bond acceptors (Lipinski definition) is 3. The highest BCUT2D eigenvalue weighted by atomic mass is 79.9. The van der Waals surface area contributed by atoms with E-state index in [9.17, 15) is 4.79 Å². The summed E-state index contributed by atoms with van der Waals surface area (Å²) in [6.45, 7) is 0.401. The molecule has 0 saturated heterocycles. The van der Waals surface area contributed by atoms with Gasteiger partial charge in [-0.3, -0.25) is 9.36 Å². The topological polar surface area (TPSA) is 48.0 Å².